The Bertz CT molecular complexity index is 453. The van der Waals surface area contributed by atoms with Gasteiger partial charge in [-0.05, 0) is 25.0 Å². The van der Waals surface area contributed by atoms with E-state index in [0.29, 0.717) is 12.8 Å². The van der Waals surface area contributed by atoms with Gasteiger partial charge >= 0.3 is 0 Å². The molecule has 3 nitrogen and oxygen atoms in total. The number of hydrogen-bond acceptors (Lipinski definition) is 3. The number of nitrogens with one attached hydrogen (secondary N) is 1. The molecule has 6 heteroatoms. The molecule has 2 N–H and O–H groups in total. The number of aliphatic hydroxyl groups excluding tert-OH is 1. The van der Waals surface area contributed by atoms with Crippen LogP contribution in [0.25, 0.3) is 0 Å². The van der Waals surface area contributed by atoms with Crippen LogP contribution in [0.5, 0.6) is 0 Å². The van der Waals surface area contributed by atoms with E-state index < -0.39 is 11.6 Å². The summed E-state index contributed by atoms with van der Waals surface area (Å²) in [4.78, 5) is 2.09. The maximum atomic E-state index is 14.1. The molecular formula is C14H19ClF2N2O. The predicted octanol–water partition coefficient (Wildman–Crippen LogP) is 2.34. The third-order valence-electron chi connectivity index (χ3n) is 3.64. The lowest BCUT2D eigenvalue weighted by Crippen LogP contribution is -2.45. The summed E-state index contributed by atoms with van der Waals surface area (Å²) in [6.07, 6.45) is 1.08. The van der Waals surface area contributed by atoms with Gasteiger partial charge in [0.05, 0.1) is 5.02 Å². The summed E-state index contributed by atoms with van der Waals surface area (Å²) in [6.45, 7) is 3.15. The molecule has 0 radical (unpaired) electrons. The van der Waals surface area contributed by atoms with Crippen LogP contribution in [-0.4, -0.2) is 42.8 Å². The molecule has 0 aromatic heterocycles. The van der Waals surface area contributed by atoms with Gasteiger partial charge in [-0.2, -0.15) is 0 Å². The number of rotatable bonds is 5. The number of benzene rings is 1. The first-order chi connectivity index (χ1) is 9.65. The quantitative estimate of drug-likeness (QED) is 0.820. The molecule has 1 aliphatic heterocycles. The third kappa shape index (κ3) is 3.47. The van der Waals surface area contributed by atoms with Gasteiger partial charge in [-0.3, -0.25) is 4.90 Å². The molecule has 1 aromatic rings. The topological polar surface area (TPSA) is 35.5 Å². The number of piperazine rings is 1. The second-order valence-electron chi connectivity index (χ2n) is 4.92. The molecule has 112 valence electrons. The van der Waals surface area contributed by atoms with Gasteiger partial charge in [0.1, 0.15) is 11.6 Å². The van der Waals surface area contributed by atoms with Crippen LogP contribution in [0.1, 0.15) is 24.4 Å². The number of nitrogens with zero attached hydrogens (tertiary/aromatic N) is 1. The van der Waals surface area contributed by atoms with Gasteiger partial charge in [0.2, 0.25) is 0 Å². The fourth-order valence-electron chi connectivity index (χ4n) is 2.64. The molecule has 1 atom stereocenters. The Morgan fingerprint density at radius 3 is 2.55 bits per heavy atom. The third-order valence-corrected chi connectivity index (χ3v) is 4.02. The van der Waals surface area contributed by atoms with E-state index in [0.717, 1.165) is 38.3 Å². The van der Waals surface area contributed by atoms with Crippen LogP contribution in [0.2, 0.25) is 5.02 Å². The summed E-state index contributed by atoms with van der Waals surface area (Å²) < 4.78 is 27.7. The van der Waals surface area contributed by atoms with Gasteiger partial charge in [-0.25, -0.2) is 8.78 Å². The Balaban J connectivity index is 2.32. The van der Waals surface area contributed by atoms with Crippen molar-refractivity contribution in [3.63, 3.8) is 0 Å². The van der Waals surface area contributed by atoms with E-state index in [9.17, 15) is 8.78 Å². The molecule has 0 amide bonds. The van der Waals surface area contributed by atoms with Crippen LogP contribution >= 0.6 is 11.6 Å². The van der Waals surface area contributed by atoms with Crippen molar-refractivity contribution in [2.75, 3.05) is 32.8 Å². The molecular weight excluding hydrogens is 286 g/mol. The summed E-state index contributed by atoms with van der Waals surface area (Å²) in [5.41, 5.74) is 0.210. The predicted molar refractivity (Wildman–Crippen MR) is 74.9 cm³/mol. The zero-order valence-electron chi connectivity index (χ0n) is 11.2. The van der Waals surface area contributed by atoms with Gasteiger partial charge in [0, 0.05) is 44.4 Å². The van der Waals surface area contributed by atoms with Gasteiger partial charge in [0.15, 0.2) is 0 Å². The Morgan fingerprint density at radius 2 is 1.90 bits per heavy atom. The lowest BCUT2D eigenvalue weighted by Gasteiger charge is -2.35. The van der Waals surface area contributed by atoms with Gasteiger partial charge in [0.25, 0.3) is 0 Å². The second-order valence-corrected chi connectivity index (χ2v) is 5.30. The fourth-order valence-corrected chi connectivity index (χ4v) is 2.92. The van der Waals surface area contributed by atoms with Gasteiger partial charge in [-0.15, -0.1) is 0 Å². The lowest BCUT2D eigenvalue weighted by atomic mass is 9.98. The molecule has 1 aliphatic rings. The Morgan fingerprint density at radius 1 is 1.25 bits per heavy atom. The van der Waals surface area contributed by atoms with Crippen molar-refractivity contribution in [3.8, 4) is 0 Å². The van der Waals surface area contributed by atoms with Crippen LogP contribution in [0.15, 0.2) is 12.1 Å². The minimum absolute atomic E-state index is 0.0249. The van der Waals surface area contributed by atoms with Crippen LogP contribution in [0, 0.1) is 11.6 Å². The van der Waals surface area contributed by atoms with E-state index in [1.165, 1.54) is 0 Å². The van der Waals surface area contributed by atoms with Crippen LogP contribution < -0.4 is 5.32 Å². The zero-order valence-corrected chi connectivity index (χ0v) is 12.0. The van der Waals surface area contributed by atoms with Gasteiger partial charge in [-0.1, -0.05) is 11.6 Å². The minimum atomic E-state index is -0.604. The minimum Gasteiger partial charge on any atom is -0.396 e. The first-order valence-corrected chi connectivity index (χ1v) is 7.22. The highest BCUT2D eigenvalue weighted by Gasteiger charge is 2.27. The molecule has 0 unspecified atom stereocenters. The standard InChI is InChI=1S/C14H19ClF2N2O/c15-14-11(17)4-3-10(16)13(14)12(2-1-9-20)19-7-5-18-6-8-19/h3-4,12,18,20H,1-2,5-9H2/t12-/m1/s1. The Hall–Kier alpha value is -0.750. The normalized spacial score (nSPS) is 18.2. The maximum Gasteiger partial charge on any atom is 0.142 e. The molecule has 2 rings (SSSR count). The first kappa shape index (κ1) is 15.6. The van der Waals surface area contributed by atoms with E-state index in [-0.39, 0.29) is 23.2 Å². The van der Waals surface area contributed by atoms with Crippen molar-refractivity contribution in [3.05, 3.63) is 34.4 Å². The van der Waals surface area contributed by atoms with Crippen LogP contribution in [-0.2, 0) is 0 Å². The van der Waals surface area contributed by atoms with Crippen molar-refractivity contribution >= 4 is 11.6 Å². The van der Waals surface area contributed by atoms with Crippen molar-refractivity contribution in [2.24, 2.45) is 0 Å². The first-order valence-electron chi connectivity index (χ1n) is 6.84. The molecule has 1 heterocycles. The molecule has 0 bridgehead atoms. The second kappa shape index (κ2) is 7.31. The SMILES string of the molecule is OCCC[C@H](c1c(F)ccc(F)c1Cl)N1CCNCC1. The van der Waals surface area contributed by atoms with Crippen LogP contribution in [0.3, 0.4) is 0 Å². The highest BCUT2D eigenvalue weighted by atomic mass is 35.5. The summed E-state index contributed by atoms with van der Waals surface area (Å²) in [5.74, 6) is -1.09. The molecule has 0 aliphatic carbocycles. The fraction of sp³-hybridized carbons (Fsp3) is 0.571. The zero-order chi connectivity index (χ0) is 14.5. The lowest BCUT2D eigenvalue weighted by molar-refractivity contribution is 0.151. The highest BCUT2D eigenvalue weighted by Crippen LogP contribution is 2.34. The number of hydrogen-bond donors (Lipinski definition) is 2. The average molecular weight is 305 g/mol. The van der Waals surface area contributed by atoms with Crippen molar-refractivity contribution < 1.29 is 13.9 Å². The number of aliphatic hydroxyl groups is 1. The average Bonchev–Trinajstić information content (AvgIpc) is 2.47. The Kier molecular flexibility index (Phi) is 5.72. The van der Waals surface area contributed by atoms with E-state index in [4.69, 9.17) is 16.7 Å². The summed E-state index contributed by atoms with van der Waals surface area (Å²) >= 11 is 5.97. The van der Waals surface area contributed by atoms with E-state index in [1.54, 1.807) is 0 Å². The van der Waals surface area contributed by atoms with E-state index >= 15 is 0 Å². The van der Waals surface area contributed by atoms with E-state index in [1.807, 2.05) is 0 Å². The van der Waals surface area contributed by atoms with Gasteiger partial charge < -0.3 is 10.4 Å². The van der Waals surface area contributed by atoms with Crippen molar-refractivity contribution in [1.29, 1.82) is 0 Å². The summed E-state index contributed by atoms with van der Waals surface area (Å²) in [6, 6.07) is 1.86. The highest BCUT2D eigenvalue weighted by molar-refractivity contribution is 6.31. The largest absolute Gasteiger partial charge is 0.396 e. The maximum absolute atomic E-state index is 14.1. The summed E-state index contributed by atoms with van der Waals surface area (Å²) in [5, 5.41) is 12.1. The molecule has 20 heavy (non-hydrogen) atoms. The van der Waals surface area contributed by atoms with Crippen LogP contribution in [0.4, 0.5) is 8.78 Å². The molecule has 1 saturated heterocycles. The van der Waals surface area contributed by atoms with Crippen molar-refractivity contribution in [1.82, 2.24) is 10.2 Å². The molecule has 1 fully saturated rings. The molecule has 1 aromatic carbocycles. The molecule has 0 spiro atoms. The van der Waals surface area contributed by atoms with Crippen molar-refractivity contribution in [2.45, 2.75) is 18.9 Å². The summed E-state index contributed by atoms with van der Waals surface area (Å²) in [7, 11) is 0. The Labute approximate surface area is 122 Å². The smallest absolute Gasteiger partial charge is 0.142 e. The molecule has 0 saturated carbocycles. The number of halogens is 3. The monoisotopic (exact) mass is 304 g/mol. The van der Waals surface area contributed by atoms with E-state index in [2.05, 4.69) is 10.2 Å².